The molecule has 1 aromatic carbocycles. The SMILES string of the molecule is C[Si](C)(C)CCOCn1cc(C2(C(F)(F)F)CC2)c2c(Oc3c(F)cc(NC(=S)NCC4(CO)COC4)cc3F)ncnc21. The van der Waals surface area contributed by atoms with E-state index >= 15 is 8.78 Å². The minimum atomic E-state index is -4.57. The lowest BCUT2D eigenvalue weighted by Gasteiger charge is -2.40. The van der Waals surface area contributed by atoms with Crippen molar-refractivity contribution in [2.24, 2.45) is 5.41 Å². The molecule has 2 aromatic heterocycles. The van der Waals surface area contributed by atoms with Gasteiger partial charge in [-0.05, 0) is 31.1 Å². The molecule has 1 aliphatic heterocycles. The molecule has 2 fully saturated rings. The van der Waals surface area contributed by atoms with Gasteiger partial charge in [0, 0.05) is 50.8 Å². The number of halogens is 5. The van der Waals surface area contributed by atoms with Crippen molar-refractivity contribution >= 4 is 42.1 Å². The van der Waals surface area contributed by atoms with Crippen LogP contribution in [0.15, 0.2) is 24.7 Å². The van der Waals surface area contributed by atoms with Crippen LogP contribution in [0.25, 0.3) is 11.0 Å². The predicted molar refractivity (Wildman–Crippen MR) is 160 cm³/mol. The van der Waals surface area contributed by atoms with E-state index in [1.165, 1.54) is 10.8 Å². The highest BCUT2D eigenvalue weighted by molar-refractivity contribution is 7.80. The van der Waals surface area contributed by atoms with Gasteiger partial charge in [0.05, 0.1) is 36.0 Å². The zero-order chi connectivity index (χ0) is 31.9. The van der Waals surface area contributed by atoms with Gasteiger partial charge in [-0.15, -0.1) is 0 Å². The molecule has 9 nitrogen and oxygen atoms in total. The van der Waals surface area contributed by atoms with Crippen LogP contribution in [0.4, 0.5) is 27.6 Å². The second kappa shape index (κ2) is 12.1. The molecular weight excluding hydrogens is 625 g/mol. The van der Waals surface area contributed by atoms with Gasteiger partial charge in [0.15, 0.2) is 16.7 Å². The molecule has 1 aliphatic carbocycles. The lowest BCUT2D eigenvalue weighted by atomic mass is 9.87. The Morgan fingerprint density at radius 3 is 2.39 bits per heavy atom. The fraction of sp³-hybridized carbons (Fsp3) is 0.536. The molecule has 3 aromatic rings. The number of hydrogen-bond acceptors (Lipinski definition) is 7. The van der Waals surface area contributed by atoms with Gasteiger partial charge in [0.2, 0.25) is 11.6 Å². The second-order valence-corrected chi connectivity index (χ2v) is 18.7. The lowest BCUT2D eigenvalue weighted by Crippen LogP contribution is -2.53. The smallest absolute Gasteiger partial charge is 0.398 e. The summed E-state index contributed by atoms with van der Waals surface area (Å²) in [6.45, 7) is 7.79. The molecule has 0 amide bonds. The maximum absolute atomic E-state index is 15.2. The van der Waals surface area contributed by atoms with Crippen molar-refractivity contribution in [3.8, 4) is 11.6 Å². The topological polar surface area (TPSA) is 103 Å². The van der Waals surface area contributed by atoms with Crippen molar-refractivity contribution < 1.29 is 41.3 Å². The van der Waals surface area contributed by atoms with E-state index in [-0.39, 0.29) is 60.1 Å². The highest BCUT2D eigenvalue weighted by Crippen LogP contribution is 2.61. The lowest BCUT2D eigenvalue weighted by molar-refractivity contribution is -0.160. The number of nitrogens with zero attached hydrogens (tertiary/aromatic N) is 3. The van der Waals surface area contributed by atoms with Crippen molar-refractivity contribution in [1.82, 2.24) is 19.9 Å². The van der Waals surface area contributed by atoms with Crippen molar-refractivity contribution in [1.29, 1.82) is 0 Å². The first-order valence-corrected chi connectivity index (χ1v) is 18.2. The number of benzene rings is 1. The summed E-state index contributed by atoms with van der Waals surface area (Å²) in [5.41, 5.74) is -2.69. The van der Waals surface area contributed by atoms with E-state index in [1.807, 2.05) is 0 Å². The Bertz CT molecular complexity index is 1510. The van der Waals surface area contributed by atoms with Crippen LogP contribution < -0.4 is 15.4 Å². The minimum absolute atomic E-state index is 0.0306. The molecule has 0 unspecified atom stereocenters. The standard InChI is InChI=1S/C28H34F5N5O4SSi/c1-44(2,3)7-6-40-16-38-10-18(27(4-5-27)28(31,32)33)21-23(38)35-15-36-24(21)42-22-19(29)8-17(9-20(22)30)37-25(43)34-11-26(12-39)13-41-14-26/h8-10,15,39H,4-7,11-14,16H2,1-3H3,(H2,34,37,43). The van der Waals surface area contributed by atoms with E-state index in [1.54, 1.807) is 0 Å². The summed E-state index contributed by atoms with van der Waals surface area (Å²) in [4.78, 5) is 8.18. The van der Waals surface area contributed by atoms with Gasteiger partial charge in [-0.1, -0.05) is 19.6 Å². The van der Waals surface area contributed by atoms with E-state index in [0.717, 1.165) is 24.5 Å². The summed E-state index contributed by atoms with van der Waals surface area (Å²) in [7, 11) is -1.41. The monoisotopic (exact) mass is 659 g/mol. The molecule has 16 heteroatoms. The Kier molecular flexibility index (Phi) is 8.94. The number of hydrogen-bond donors (Lipinski definition) is 3. The molecule has 1 saturated carbocycles. The number of anilines is 1. The average Bonchev–Trinajstić information content (AvgIpc) is 3.65. The van der Waals surface area contributed by atoms with Crippen molar-refractivity contribution in [2.75, 3.05) is 38.3 Å². The molecule has 3 heterocycles. The van der Waals surface area contributed by atoms with Gasteiger partial charge in [0.25, 0.3) is 0 Å². The van der Waals surface area contributed by atoms with Gasteiger partial charge in [-0.2, -0.15) is 13.2 Å². The number of rotatable bonds is 12. The van der Waals surface area contributed by atoms with E-state index in [2.05, 4.69) is 40.2 Å². The molecule has 240 valence electrons. The first-order chi connectivity index (χ1) is 20.7. The number of fused-ring (bicyclic) bond motifs is 1. The van der Waals surface area contributed by atoms with Crippen LogP contribution in [0, 0.1) is 17.0 Å². The fourth-order valence-corrected chi connectivity index (χ4v) is 5.86. The predicted octanol–water partition coefficient (Wildman–Crippen LogP) is 5.70. The molecule has 0 bridgehead atoms. The zero-order valence-corrected chi connectivity index (χ0v) is 26.3. The maximum Gasteiger partial charge on any atom is 0.398 e. The Morgan fingerprint density at radius 2 is 1.84 bits per heavy atom. The number of alkyl halides is 3. The van der Waals surface area contributed by atoms with Crippen molar-refractivity contribution in [2.45, 2.75) is 56.8 Å². The highest BCUT2D eigenvalue weighted by atomic mass is 32.1. The fourth-order valence-electron chi connectivity index (χ4n) is 4.92. The average molecular weight is 660 g/mol. The maximum atomic E-state index is 15.2. The number of aliphatic hydroxyl groups is 1. The molecule has 0 radical (unpaired) electrons. The Hall–Kier alpha value is -2.92. The molecule has 2 aliphatic rings. The van der Waals surface area contributed by atoms with Crippen LogP contribution >= 0.6 is 12.2 Å². The zero-order valence-electron chi connectivity index (χ0n) is 24.5. The van der Waals surface area contributed by atoms with Crippen LogP contribution in [0.1, 0.15) is 18.4 Å². The second-order valence-electron chi connectivity index (χ2n) is 12.6. The molecule has 3 N–H and O–H groups in total. The summed E-state index contributed by atoms with van der Waals surface area (Å²) in [6.07, 6.45) is -2.48. The van der Waals surface area contributed by atoms with Gasteiger partial charge >= 0.3 is 6.18 Å². The Labute approximate surface area is 257 Å². The summed E-state index contributed by atoms with van der Waals surface area (Å²) >= 11 is 5.20. The third-order valence-corrected chi connectivity index (χ3v) is 9.84. The largest absolute Gasteiger partial charge is 0.432 e. The first kappa shape index (κ1) is 32.5. The van der Waals surface area contributed by atoms with Crippen LogP contribution in [-0.2, 0) is 21.6 Å². The Morgan fingerprint density at radius 1 is 1.16 bits per heavy atom. The first-order valence-electron chi connectivity index (χ1n) is 14.1. The van der Waals surface area contributed by atoms with Gasteiger partial charge in [-0.25, -0.2) is 18.7 Å². The highest BCUT2D eigenvalue weighted by Gasteiger charge is 2.65. The van der Waals surface area contributed by atoms with Crippen molar-refractivity contribution in [3.63, 3.8) is 0 Å². The van der Waals surface area contributed by atoms with E-state index in [9.17, 15) is 18.3 Å². The van der Waals surface area contributed by atoms with Crippen LogP contribution in [0.3, 0.4) is 0 Å². The van der Waals surface area contributed by atoms with Crippen molar-refractivity contribution in [3.05, 3.63) is 41.9 Å². The van der Waals surface area contributed by atoms with E-state index in [0.29, 0.717) is 19.8 Å². The third kappa shape index (κ3) is 6.68. The summed E-state index contributed by atoms with van der Waals surface area (Å²) < 4.78 is 91.2. The minimum Gasteiger partial charge on any atom is -0.432 e. The van der Waals surface area contributed by atoms with Crippen LogP contribution in [0.2, 0.25) is 25.7 Å². The number of thiocarbonyl (C=S) groups is 1. The Balaban J connectivity index is 1.40. The van der Waals surface area contributed by atoms with E-state index < -0.39 is 48.3 Å². The molecule has 44 heavy (non-hydrogen) atoms. The summed E-state index contributed by atoms with van der Waals surface area (Å²) in [5.74, 6) is -3.51. The third-order valence-electron chi connectivity index (χ3n) is 7.88. The molecule has 5 rings (SSSR count). The van der Waals surface area contributed by atoms with Crippen LogP contribution in [0.5, 0.6) is 11.6 Å². The number of aromatic nitrogens is 3. The van der Waals surface area contributed by atoms with Gasteiger partial charge in [0.1, 0.15) is 18.7 Å². The van der Waals surface area contributed by atoms with Gasteiger partial charge < -0.3 is 34.5 Å². The molecule has 1 saturated heterocycles. The normalized spacial score (nSPS) is 17.3. The van der Waals surface area contributed by atoms with E-state index in [4.69, 9.17) is 26.4 Å². The summed E-state index contributed by atoms with van der Waals surface area (Å²) in [6, 6.07) is 2.74. The number of aliphatic hydroxyl groups excluding tert-OH is 1. The molecule has 0 atom stereocenters. The quantitative estimate of drug-likeness (QED) is 0.0978. The molecular formula is C28H34F5N5O4SSi. The number of ether oxygens (including phenoxy) is 3. The van der Waals surface area contributed by atoms with Gasteiger partial charge in [-0.3, -0.25) is 0 Å². The summed E-state index contributed by atoms with van der Waals surface area (Å²) in [5, 5.41) is 15.1. The van der Waals surface area contributed by atoms with Crippen LogP contribution in [-0.4, -0.2) is 72.0 Å². The molecule has 0 spiro atoms. The number of nitrogens with one attached hydrogen (secondary N) is 2.